The molecule has 10 heteroatoms. The summed E-state index contributed by atoms with van der Waals surface area (Å²) in [6.07, 6.45) is 3.69. The van der Waals surface area contributed by atoms with Gasteiger partial charge in [0.25, 0.3) is 0 Å². The van der Waals surface area contributed by atoms with Crippen LogP contribution in [0.5, 0.6) is 0 Å². The zero-order chi connectivity index (χ0) is 19.8. The van der Waals surface area contributed by atoms with E-state index in [0.717, 1.165) is 49.6 Å². The molecule has 0 bridgehead atoms. The Hall–Kier alpha value is -2.37. The Balaban J connectivity index is 0.00000300. The fraction of sp³-hybridized carbons (Fsp3) is 0.474. The van der Waals surface area contributed by atoms with Crippen molar-refractivity contribution in [3.05, 3.63) is 42.0 Å². The van der Waals surface area contributed by atoms with Crippen LogP contribution in [0.2, 0.25) is 0 Å². The van der Waals surface area contributed by atoms with Gasteiger partial charge in [0, 0.05) is 32.4 Å². The Morgan fingerprint density at radius 3 is 2.72 bits per heavy atom. The summed E-state index contributed by atoms with van der Waals surface area (Å²) in [6, 6.07) is 7.77. The molecule has 2 amide bonds. The van der Waals surface area contributed by atoms with Gasteiger partial charge in [-0.3, -0.25) is 4.68 Å². The lowest BCUT2D eigenvalue weighted by Gasteiger charge is -2.16. The Kier molecular flexibility index (Phi) is 9.16. The second-order valence-electron chi connectivity index (χ2n) is 6.67. The predicted octanol–water partition coefficient (Wildman–Crippen LogP) is 2.32. The molecule has 0 saturated carbocycles. The minimum Gasteiger partial charge on any atom is -0.357 e. The van der Waals surface area contributed by atoms with Crippen molar-refractivity contribution in [3.63, 3.8) is 0 Å². The van der Waals surface area contributed by atoms with Gasteiger partial charge in [-0.25, -0.2) is 14.8 Å². The van der Waals surface area contributed by atoms with Gasteiger partial charge in [0.15, 0.2) is 5.96 Å². The third kappa shape index (κ3) is 6.87. The Bertz CT molecular complexity index is 816. The number of rotatable bonds is 6. The number of likely N-dealkylation sites (tertiary alicyclic amines) is 1. The molecule has 158 valence electrons. The average Bonchev–Trinajstić information content (AvgIpc) is 3.36. The fourth-order valence-corrected chi connectivity index (χ4v) is 3.03. The van der Waals surface area contributed by atoms with E-state index in [2.05, 4.69) is 31.0 Å². The summed E-state index contributed by atoms with van der Waals surface area (Å²) in [5, 5.41) is 13.5. The number of carbonyl (C=O) groups excluding carboxylic acids is 1. The van der Waals surface area contributed by atoms with Gasteiger partial charge in [-0.1, -0.05) is 12.1 Å². The second kappa shape index (κ2) is 11.6. The predicted molar refractivity (Wildman–Crippen MR) is 124 cm³/mol. The zero-order valence-electron chi connectivity index (χ0n) is 16.9. The van der Waals surface area contributed by atoms with Crippen LogP contribution in [-0.4, -0.2) is 51.3 Å². The molecular weight excluding hydrogens is 483 g/mol. The topological polar surface area (TPSA) is 99.5 Å². The van der Waals surface area contributed by atoms with Crippen LogP contribution in [-0.2, 0) is 20.1 Å². The first-order valence-corrected chi connectivity index (χ1v) is 9.65. The number of hydrogen-bond donors (Lipinski definition) is 3. The molecule has 1 saturated heterocycles. The number of amides is 2. The maximum atomic E-state index is 12.3. The lowest BCUT2D eigenvalue weighted by atomic mass is 10.2. The number of halogens is 1. The molecule has 1 fully saturated rings. The highest BCUT2D eigenvalue weighted by molar-refractivity contribution is 14.0. The van der Waals surface area contributed by atoms with E-state index in [1.807, 2.05) is 43.1 Å². The molecule has 0 aliphatic carbocycles. The third-order valence-electron chi connectivity index (χ3n) is 4.55. The number of benzene rings is 1. The lowest BCUT2D eigenvalue weighted by Crippen LogP contribution is -2.37. The molecule has 1 aliphatic heterocycles. The van der Waals surface area contributed by atoms with Crippen molar-refractivity contribution in [1.29, 1.82) is 0 Å². The largest absolute Gasteiger partial charge is 0.357 e. The van der Waals surface area contributed by atoms with Crippen molar-refractivity contribution < 1.29 is 4.79 Å². The Morgan fingerprint density at radius 2 is 2.03 bits per heavy atom. The van der Waals surface area contributed by atoms with Gasteiger partial charge in [0.05, 0.1) is 13.1 Å². The number of guanidine groups is 1. The van der Waals surface area contributed by atoms with E-state index in [1.165, 1.54) is 6.33 Å². The Labute approximate surface area is 188 Å². The molecule has 0 spiro atoms. The number of aromatic nitrogens is 3. The highest BCUT2D eigenvalue weighted by atomic mass is 127. The van der Waals surface area contributed by atoms with Gasteiger partial charge < -0.3 is 20.9 Å². The van der Waals surface area contributed by atoms with E-state index in [4.69, 9.17) is 0 Å². The number of urea groups is 1. The van der Waals surface area contributed by atoms with Crippen LogP contribution >= 0.6 is 24.0 Å². The molecular formula is C19H29IN8O. The van der Waals surface area contributed by atoms with Crippen LogP contribution < -0.4 is 16.0 Å². The van der Waals surface area contributed by atoms with Crippen molar-refractivity contribution in [2.24, 2.45) is 12.0 Å². The summed E-state index contributed by atoms with van der Waals surface area (Å²) in [4.78, 5) is 22.9. The summed E-state index contributed by atoms with van der Waals surface area (Å²) in [5.41, 5.74) is 1.82. The van der Waals surface area contributed by atoms with Crippen molar-refractivity contribution in [2.45, 2.75) is 32.9 Å². The molecule has 2 aromatic rings. The van der Waals surface area contributed by atoms with Gasteiger partial charge in [-0.15, -0.1) is 24.0 Å². The molecule has 3 rings (SSSR count). The number of nitrogens with zero attached hydrogens (tertiary/aromatic N) is 5. The van der Waals surface area contributed by atoms with Crippen molar-refractivity contribution in [2.75, 3.05) is 25.0 Å². The van der Waals surface area contributed by atoms with Gasteiger partial charge in [0.2, 0.25) is 0 Å². The fourth-order valence-electron chi connectivity index (χ4n) is 3.03. The SMILES string of the molecule is CCNC(=NCc1cccc(NC(=O)N2CCCC2)c1)NCc1ncnn1C.I. The minimum atomic E-state index is -0.0307. The van der Waals surface area contributed by atoms with E-state index in [1.54, 1.807) is 4.68 Å². The highest BCUT2D eigenvalue weighted by Crippen LogP contribution is 2.14. The molecule has 2 heterocycles. The summed E-state index contributed by atoms with van der Waals surface area (Å²) in [5.74, 6) is 1.54. The van der Waals surface area contributed by atoms with E-state index >= 15 is 0 Å². The van der Waals surface area contributed by atoms with Crippen LogP contribution in [0.1, 0.15) is 31.2 Å². The first-order valence-electron chi connectivity index (χ1n) is 9.65. The lowest BCUT2D eigenvalue weighted by molar-refractivity contribution is 0.222. The third-order valence-corrected chi connectivity index (χ3v) is 4.55. The first kappa shape index (κ1) is 22.9. The van der Waals surface area contributed by atoms with E-state index < -0.39 is 0 Å². The molecule has 1 aliphatic rings. The standard InChI is InChI=1S/C19H28N8O.HI/c1-3-20-18(22-13-17-23-14-24-26(17)2)21-12-15-7-6-8-16(11-15)25-19(28)27-9-4-5-10-27;/h6-8,11,14H,3-5,9-10,12-13H2,1-2H3,(H,25,28)(H2,20,21,22);1H. The van der Waals surface area contributed by atoms with Crippen LogP contribution in [0, 0.1) is 0 Å². The van der Waals surface area contributed by atoms with E-state index in [-0.39, 0.29) is 30.0 Å². The number of aliphatic imine (C=N–C) groups is 1. The Morgan fingerprint density at radius 1 is 1.24 bits per heavy atom. The number of aryl methyl sites for hydroxylation is 1. The van der Waals surface area contributed by atoms with E-state index in [9.17, 15) is 4.79 Å². The maximum Gasteiger partial charge on any atom is 0.321 e. The number of nitrogens with one attached hydrogen (secondary N) is 3. The van der Waals surface area contributed by atoms with Gasteiger partial charge in [-0.2, -0.15) is 5.10 Å². The molecule has 0 radical (unpaired) electrons. The van der Waals surface area contributed by atoms with Crippen LogP contribution in [0.25, 0.3) is 0 Å². The summed E-state index contributed by atoms with van der Waals surface area (Å²) in [7, 11) is 1.86. The van der Waals surface area contributed by atoms with Crippen molar-refractivity contribution in [3.8, 4) is 0 Å². The van der Waals surface area contributed by atoms with E-state index in [0.29, 0.717) is 19.0 Å². The first-order chi connectivity index (χ1) is 13.7. The molecule has 1 aromatic carbocycles. The maximum absolute atomic E-state index is 12.3. The smallest absolute Gasteiger partial charge is 0.321 e. The quantitative estimate of drug-likeness (QED) is 0.314. The minimum absolute atomic E-state index is 0. The van der Waals surface area contributed by atoms with Crippen LogP contribution in [0.4, 0.5) is 10.5 Å². The van der Waals surface area contributed by atoms with Crippen LogP contribution in [0.15, 0.2) is 35.6 Å². The zero-order valence-corrected chi connectivity index (χ0v) is 19.2. The van der Waals surface area contributed by atoms with Crippen molar-refractivity contribution in [1.82, 2.24) is 30.3 Å². The number of anilines is 1. The molecule has 0 unspecified atom stereocenters. The molecule has 1 aromatic heterocycles. The molecule has 3 N–H and O–H groups in total. The molecule has 0 atom stereocenters. The average molecular weight is 512 g/mol. The monoisotopic (exact) mass is 512 g/mol. The number of carbonyl (C=O) groups is 1. The molecule has 29 heavy (non-hydrogen) atoms. The summed E-state index contributed by atoms with van der Waals surface area (Å²) in [6.45, 7) is 5.48. The van der Waals surface area contributed by atoms with Crippen LogP contribution in [0.3, 0.4) is 0 Å². The number of hydrogen-bond acceptors (Lipinski definition) is 4. The van der Waals surface area contributed by atoms with Gasteiger partial charge in [-0.05, 0) is 37.5 Å². The van der Waals surface area contributed by atoms with Gasteiger partial charge in [0.1, 0.15) is 12.2 Å². The second-order valence-corrected chi connectivity index (χ2v) is 6.67. The summed E-state index contributed by atoms with van der Waals surface area (Å²) >= 11 is 0. The normalized spacial score (nSPS) is 13.7. The van der Waals surface area contributed by atoms with Gasteiger partial charge >= 0.3 is 6.03 Å². The van der Waals surface area contributed by atoms with Crippen molar-refractivity contribution >= 4 is 41.7 Å². The highest BCUT2D eigenvalue weighted by Gasteiger charge is 2.17. The molecule has 9 nitrogen and oxygen atoms in total. The summed E-state index contributed by atoms with van der Waals surface area (Å²) < 4.78 is 1.73.